The molecule has 4 unspecified atom stereocenters. The minimum absolute atomic E-state index is 0.00646. The van der Waals surface area contributed by atoms with Crippen molar-refractivity contribution in [3.63, 3.8) is 0 Å². The number of nitrogens with one attached hydrogen (secondary N) is 1. The minimum Gasteiger partial charge on any atom is -0.338 e. The number of hydrogen-bond donors (Lipinski definition) is 1. The first-order chi connectivity index (χ1) is 13.6. The predicted octanol–water partition coefficient (Wildman–Crippen LogP) is 1.60. The molecule has 0 radical (unpaired) electrons. The average molecular weight is 383 g/mol. The smallest absolute Gasteiger partial charge is 0.248 e. The Bertz CT molecular complexity index is 778. The molecule has 1 N–H and O–H groups in total. The van der Waals surface area contributed by atoms with Crippen LogP contribution in [0.5, 0.6) is 0 Å². The number of amides is 2. The summed E-state index contributed by atoms with van der Waals surface area (Å²) in [5, 5.41) is 2.79. The molecule has 3 heterocycles. The number of carbonyl (C=O) groups excluding carboxylic acids is 2. The molecule has 1 aromatic rings. The fourth-order valence-electron chi connectivity index (χ4n) is 6.90. The molecule has 4 aliphatic rings. The van der Waals surface area contributed by atoms with E-state index in [2.05, 4.69) is 32.0 Å². The van der Waals surface area contributed by atoms with Gasteiger partial charge in [-0.1, -0.05) is 19.8 Å². The van der Waals surface area contributed by atoms with Crippen molar-refractivity contribution < 1.29 is 9.59 Å². The molecule has 2 aliphatic carbocycles. The van der Waals surface area contributed by atoms with Crippen molar-refractivity contribution in [3.8, 4) is 0 Å². The van der Waals surface area contributed by atoms with Gasteiger partial charge in [0, 0.05) is 38.6 Å². The summed E-state index contributed by atoms with van der Waals surface area (Å²) in [5.41, 5.74) is -1.15. The summed E-state index contributed by atoms with van der Waals surface area (Å²) in [7, 11) is 0. The number of fused-ring (bicyclic) bond motifs is 5. The standard InChI is InChI=1S/C21H29N5O2/c1-2-3-7-20-15-5-6-16(14-15)21(20,18(28)24-17(20)27)26-12-10-25(11-13-26)19-22-8-4-9-23-19/h4,8-9,15-16H,2-3,5-7,10-14H2,1H3,(H,24,27,28). The van der Waals surface area contributed by atoms with Crippen LogP contribution in [0.15, 0.2) is 18.5 Å². The molecular weight excluding hydrogens is 354 g/mol. The molecule has 2 saturated heterocycles. The van der Waals surface area contributed by atoms with Crippen molar-refractivity contribution in [2.24, 2.45) is 17.3 Å². The monoisotopic (exact) mass is 383 g/mol. The van der Waals surface area contributed by atoms with E-state index < -0.39 is 11.0 Å². The van der Waals surface area contributed by atoms with E-state index in [1.165, 1.54) is 0 Å². The summed E-state index contributed by atoms with van der Waals surface area (Å²) < 4.78 is 0. The maximum absolute atomic E-state index is 13.4. The van der Waals surface area contributed by atoms with E-state index >= 15 is 0 Å². The summed E-state index contributed by atoms with van der Waals surface area (Å²) in [6, 6.07) is 1.82. The third kappa shape index (κ3) is 2.14. The number of rotatable bonds is 5. The third-order valence-corrected chi connectivity index (χ3v) is 7.92. The Labute approximate surface area is 165 Å². The Kier molecular flexibility index (Phi) is 4.19. The fourth-order valence-corrected chi connectivity index (χ4v) is 6.90. The van der Waals surface area contributed by atoms with Crippen LogP contribution in [0.2, 0.25) is 0 Å². The number of piperazine rings is 1. The average Bonchev–Trinajstić information content (AvgIpc) is 3.38. The van der Waals surface area contributed by atoms with E-state index in [0.29, 0.717) is 11.8 Å². The van der Waals surface area contributed by atoms with Gasteiger partial charge in [-0.3, -0.25) is 19.8 Å². The first kappa shape index (κ1) is 18.0. The van der Waals surface area contributed by atoms with E-state index in [1.54, 1.807) is 12.4 Å². The van der Waals surface area contributed by atoms with Gasteiger partial charge in [-0.2, -0.15) is 0 Å². The summed E-state index contributed by atoms with van der Waals surface area (Å²) in [5.74, 6) is 1.39. The van der Waals surface area contributed by atoms with Crippen molar-refractivity contribution in [3.05, 3.63) is 18.5 Å². The Morgan fingerprint density at radius 1 is 1.07 bits per heavy atom. The van der Waals surface area contributed by atoms with Gasteiger partial charge in [0.05, 0.1) is 5.41 Å². The number of anilines is 1. The zero-order valence-corrected chi connectivity index (χ0v) is 16.6. The quantitative estimate of drug-likeness (QED) is 0.778. The van der Waals surface area contributed by atoms with Crippen LogP contribution in [0.3, 0.4) is 0 Å². The molecule has 2 aliphatic heterocycles. The lowest BCUT2D eigenvalue weighted by Crippen LogP contribution is -2.69. The Morgan fingerprint density at radius 3 is 2.50 bits per heavy atom. The van der Waals surface area contributed by atoms with Crippen LogP contribution in [-0.4, -0.2) is 58.4 Å². The number of nitrogens with zero attached hydrogens (tertiary/aromatic N) is 4. The Morgan fingerprint density at radius 2 is 1.79 bits per heavy atom. The molecule has 7 nitrogen and oxygen atoms in total. The van der Waals surface area contributed by atoms with Gasteiger partial charge in [-0.15, -0.1) is 0 Å². The molecule has 150 valence electrons. The van der Waals surface area contributed by atoms with Crippen LogP contribution < -0.4 is 10.2 Å². The summed E-state index contributed by atoms with van der Waals surface area (Å²) >= 11 is 0. The highest BCUT2D eigenvalue weighted by Crippen LogP contribution is 2.68. The van der Waals surface area contributed by atoms with Gasteiger partial charge in [-0.25, -0.2) is 9.97 Å². The molecule has 2 saturated carbocycles. The number of unbranched alkanes of at least 4 members (excludes halogenated alkanes) is 1. The zero-order valence-electron chi connectivity index (χ0n) is 16.6. The molecular formula is C21H29N5O2. The number of imide groups is 1. The highest BCUT2D eigenvalue weighted by Gasteiger charge is 2.78. The molecule has 2 bridgehead atoms. The van der Waals surface area contributed by atoms with Gasteiger partial charge in [0.2, 0.25) is 17.8 Å². The molecule has 0 spiro atoms. The lowest BCUT2D eigenvalue weighted by Gasteiger charge is -2.53. The lowest BCUT2D eigenvalue weighted by atomic mass is 9.59. The minimum atomic E-state index is -0.633. The first-order valence-corrected chi connectivity index (χ1v) is 10.8. The number of aromatic nitrogens is 2. The van der Waals surface area contributed by atoms with Crippen LogP contribution in [0.25, 0.3) is 0 Å². The molecule has 1 aromatic heterocycles. The predicted molar refractivity (Wildman–Crippen MR) is 104 cm³/mol. The maximum atomic E-state index is 13.4. The summed E-state index contributed by atoms with van der Waals surface area (Å²) in [4.78, 5) is 39.9. The van der Waals surface area contributed by atoms with Crippen molar-refractivity contribution in [2.75, 3.05) is 31.1 Å². The fraction of sp³-hybridized carbons (Fsp3) is 0.714. The normalized spacial score (nSPS) is 37.4. The summed E-state index contributed by atoms with van der Waals surface area (Å²) in [6.07, 6.45) is 9.62. The van der Waals surface area contributed by atoms with Crippen LogP contribution in [-0.2, 0) is 9.59 Å². The second kappa shape index (κ2) is 6.51. The molecule has 5 rings (SSSR count). The third-order valence-electron chi connectivity index (χ3n) is 7.92. The number of hydrogen-bond acceptors (Lipinski definition) is 6. The second-order valence-corrected chi connectivity index (χ2v) is 8.85. The van der Waals surface area contributed by atoms with Gasteiger partial charge in [0.15, 0.2) is 0 Å². The van der Waals surface area contributed by atoms with E-state index in [0.717, 1.165) is 70.7 Å². The van der Waals surface area contributed by atoms with E-state index in [1.807, 2.05) is 6.07 Å². The van der Waals surface area contributed by atoms with E-state index in [-0.39, 0.29) is 11.8 Å². The highest BCUT2D eigenvalue weighted by molar-refractivity contribution is 6.13. The molecule has 4 atom stereocenters. The zero-order chi connectivity index (χ0) is 19.4. The molecule has 0 aromatic carbocycles. The van der Waals surface area contributed by atoms with Gasteiger partial charge in [0.1, 0.15) is 5.54 Å². The highest BCUT2D eigenvalue weighted by atomic mass is 16.2. The second-order valence-electron chi connectivity index (χ2n) is 8.85. The van der Waals surface area contributed by atoms with E-state index in [9.17, 15) is 9.59 Å². The largest absolute Gasteiger partial charge is 0.338 e. The number of carbonyl (C=O) groups is 2. The lowest BCUT2D eigenvalue weighted by molar-refractivity contribution is -0.148. The van der Waals surface area contributed by atoms with Gasteiger partial charge in [0.25, 0.3) is 0 Å². The van der Waals surface area contributed by atoms with E-state index in [4.69, 9.17) is 0 Å². The van der Waals surface area contributed by atoms with Crippen molar-refractivity contribution in [1.82, 2.24) is 20.2 Å². The van der Waals surface area contributed by atoms with Crippen LogP contribution >= 0.6 is 0 Å². The Hall–Kier alpha value is -2.02. The van der Waals surface area contributed by atoms with Crippen molar-refractivity contribution in [1.29, 1.82) is 0 Å². The van der Waals surface area contributed by atoms with Crippen molar-refractivity contribution >= 4 is 17.8 Å². The summed E-state index contributed by atoms with van der Waals surface area (Å²) in [6.45, 7) is 5.29. The van der Waals surface area contributed by atoms with Crippen LogP contribution in [0, 0.1) is 17.3 Å². The first-order valence-electron chi connectivity index (χ1n) is 10.8. The topological polar surface area (TPSA) is 78.4 Å². The SMILES string of the molecule is CCCCC12C(=O)NC(=O)C1(N1CCN(c3ncccn3)CC1)C1CCC2C1. The molecule has 28 heavy (non-hydrogen) atoms. The molecule has 7 heteroatoms. The van der Waals surface area contributed by atoms with Crippen LogP contribution in [0.1, 0.15) is 45.4 Å². The van der Waals surface area contributed by atoms with Crippen LogP contribution in [0.4, 0.5) is 5.95 Å². The molecule has 4 fully saturated rings. The van der Waals surface area contributed by atoms with Crippen molar-refractivity contribution in [2.45, 2.75) is 51.0 Å². The van der Waals surface area contributed by atoms with Gasteiger partial charge in [-0.05, 0) is 43.6 Å². The van der Waals surface area contributed by atoms with Gasteiger partial charge < -0.3 is 4.90 Å². The maximum Gasteiger partial charge on any atom is 0.248 e. The Balaban J connectivity index is 1.47. The van der Waals surface area contributed by atoms with Gasteiger partial charge >= 0.3 is 0 Å². The molecule has 2 amide bonds.